The molecule has 0 saturated carbocycles. The number of nitrogens with one attached hydrogen (secondary N) is 2. The molecule has 23 heavy (non-hydrogen) atoms. The van der Waals surface area contributed by atoms with Crippen molar-refractivity contribution in [2.24, 2.45) is 5.10 Å². The van der Waals surface area contributed by atoms with Crippen LogP contribution < -0.4 is 10.7 Å². The largest absolute Gasteiger partial charge is 0.298 e. The summed E-state index contributed by atoms with van der Waals surface area (Å²) >= 11 is 11.9. The van der Waals surface area contributed by atoms with Crippen LogP contribution in [0.4, 0.5) is 5.13 Å². The highest BCUT2D eigenvalue weighted by Crippen LogP contribution is 2.17. The zero-order valence-corrected chi connectivity index (χ0v) is 13.8. The van der Waals surface area contributed by atoms with Gasteiger partial charge in [0, 0.05) is 12.4 Å². The average Bonchev–Trinajstić information content (AvgIpc) is 2.95. The van der Waals surface area contributed by atoms with Gasteiger partial charge >= 0.3 is 0 Å². The van der Waals surface area contributed by atoms with E-state index in [0.717, 1.165) is 16.9 Å². The van der Waals surface area contributed by atoms with Gasteiger partial charge in [-0.2, -0.15) is 5.10 Å². The van der Waals surface area contributed by atoms with Gasteiger partial charge in [-0.1, -0.05) is 34.5 Å². The van der Waals surface area contributed by atoms with E-state index in [2.05, 4.69) is 31.0 Å². The zero-order valence-electron chi connectivity index (χ0n) is 11.4. The smallest absolute Gasteiger partial charge is 0.259 e. The number of pyridine rings is 1. The van der Waals surface area contributed by atoms with E-state index in [0.29, 0.717) is 5.01 Å². The fraction of sp³-hybridized carbons (Fsp3) is 0.167. The van der Waals surface area contributed by atoms with E-state index in [9.17, 15) is 9.59 Å². The lowest BCUT2D eigenvalue weighted by atomic mass is 10.3. The third-order valence-corrected chi connectivity index (χ3v) is 3.55. The summed E-state index contributed by atoms with van der Waals surface area (Å²) in [5.74, 6) is -0.973. The third-order valence-electron chi connectivity index (χ3n) is 2.32. The molecule has 2 amide bonds. The number of aromatic nitrogens is 3. The molecule has 0 unspecified atom stereocenters. The molecule has 0 spiro atoms. The van der Waals surface area contributed by atoms with Crippen LogP contribution in [-0.2, 0) is 16.0 Å². The molecular formula is C12H10Cl2N6O2S. The van der Waals surface area contributed by atoms with E-state index in [1.54, 1.807) is 24.5 Å². The minimum atomic E-state index is -1.20. The molecule has 0 atom stereocenters. The number of alkyl halides is 2. The van der Waals surface area contributed by atoms with Crippen molar-refractivity contribution in [1.82, 2.24) is 20.6 Å². The van der Waals surface area contributed by atoms with Crippen molar-refractivity contribution in [2.75, 3.05) is 5.32 Å². The SMILES string of the molecule is O=C(Cc1nnc(NC(=O)C(Cl)Cl)s1)N/N=C\c1ccncc1. The number of amides is 2. The summed E-state index contributed by atoms with van der Waals surface area (Å²) in [6.07, 6.45) is 4.71. The lowest BCUT2D eigenvalue weighted by molar-refractivity contribution is -0.120. The molecule has 8 nitrogen and oxygen atoms in total. The van der Waals surface area contributed by atoms with Crippen LogP contribution in [0.1, 0.15) is 10.6 Å². The number of hydrogen-bond acceptors (Lipinski definition) is 7. The highest BCUT2D eigenvalue weighted by Gasteiger charge is 2.15. The predicted octanol–water partition coefficient (Wildman–Crippen LogP) is 1.37. The molecule has 2 rings (SSSR count). The Labute approximate surface area is 144 Å². The minimum absolute atomic E-state index is 0.0214. The summed E-state index contributed by atoms with van der Waals surface area (Å²) in [5, 5.41) is 14.3. The Morgan fingerprint density at radius 1 is 1.30 bits per heavy atom. The van der Waals surface area contributed by atoms with Crippen molar-refractivity contribution in [3.63, 3.8) is 0 Å². The Hall–Kier alpha value is -2.10. The van der Waals surface area contributed by atoms with Gasteiger partial charge in [0.15, 0.2) is 4.84 Å². The van der Waals surface area contributed by atoms with Gasteiger partial charge in [-0.05, 0) is 17.7 Å². The van der Waals surface area contributed by atoms with Crippen molar-refractivity contribution < 1.29 is 9.59 Å². The van der Waals surface area contributed by atoms with Gasteiger partial charge in [0.2, 0.25) is 11.0 Å². The van der Waals surface area contributed by atoms with Gasteiger partial charge in [-0.25, -0.2) is 5.43 Å². The van der Waals surface area contributed by atoms with Crippen LogP contribution in [0.3, 0.4) is 0 Å². The van der Waals surface area contributed by atoms with Gasteiger partial charge in [-0.15, -0.1) is 10.2 Å². The third kappa shape index (κ3) is 5.89. The first-order valence-corrected chi connectivity index (χ1v) is 7.87. The molecule has 2 heterocycles. The van der Waals surface area contributed by atoms with E-state index in [1.165, 1.54) is 6.21 Å². The van der Waals surface area contributed by atoms with E-state index < -0.39 is 10.7 Å². The Morgan fingerprint density at radius 3 is 2.74 bits per heavy atom. The van der Waals surface area contributed by atoms with Crippen LogP contribution in [0.15, 0.2) is 29.6 Å². The number of hydrogen-bond donors (Lipinski definition) is 2. The fourth-order valence-corrected chi connectivity index (χ4v) is 2.19. The van der Waals surface area contributed by atoms with E-state index in [4.69, 9.17) is 23.2 Å². The number of halogens is 2. The Balaban J connectivity index is 1.83. The van der Waals surface area contributed by atoms with Gasteiger partial charge in [-0.3, -0.25) is 19.9 Å². The maximum absolute atomic E-state index is 11.7. The molecule has 0 fully saturated rings. The maximum Gasteiger partial charge on any atom is 0.259 e. The normalized spacial score (nSPS) is 10.9. The van der Waals surface area contributed by atoms with Gasteiger partial charge in [0.05, 0.1) is 12.6 Å². The summed E-state index contributed by atoms with van der Waals surface area (Å²) in [6, 6.07) is 3.49. The Kier molecular flexibility index (Phi) is 6.39. The molecule has 0 aliphatic carbocycles. The topological polar surface area (TPSA) is 109 Å². The second kappa shape index (κ2) is 8.51. The summed E-state index contributed by atoms with van der Waals surface area (Å²) in [7, 11) is 0. The van der Waals surface area contributed by atoms with Crippen molar-refractivity contribution in [2.45, 2.75) is 11.3 Å². The summed E-state index contributed by atoms with van der Waals surface area (Å²) in [5.41, 5.74) is 3.17. The number of anilines is 1. The molecule has 0 aliphatic heterocycles. The first-order chi connectivity index (χ1) is 11.0. The molecular weight excluding hydrogens is 363 g/mol. The number of rotatable bonds is 6. The standard InChI is InChI=1S/C12H10Cl2N6O2S/c13-10(14)11(22)17-12-20-19-9(23-12)5-8(21)18-16-6-7-1-3-15-4-2-7/h1-4,6,10H,5H2,(H,18,21)(H,17,20,22)/b16-6-. The molecule has 0 aromatic carbocycles. The van der Waals surface area contributed by atoms with E-state index in [-0.39, 0.29) is 17.5 Å². The van der Waals surface area contributed by atoms with Gasteiger partial charge in [0.25, 0.3) is 5.91 Å². The van der Waals surface area contributed by atoms with Crippen LogP contribution in [0.2, 0.25) is 0 Å². The molecule has 2 aromatic heterocycles. The monoisotopic (exact) mass is 372 g/mol. The lowest BCUT2D eigenvalue weighted by Gasteiger charge is -1.99. The first kappa shape index (κ1) is 17.3. The van der Waals surface area contributed by atoms with Crippen LogP contribution in [0.25, 0.3) is 0 Å². The molecule has 0 saturated heterocycles. The second-order valence-corrected chi connectivity index (χ2v) is 6.20. The highest BCUT2D eigenvalue weighted by molar-refractivity contribution is 7.15. The Morgan fingerprint density at radius 2 is 2.04 bits per heavy atom. The van der Waals surface area contributed by atoms with Gasteiger partial charge < -0.3 is 0 Å². The van der Waals surface area contributed by atoms with Crippen LogP contribution in [0.5, 0.6) is 0 Å². The van der Waals surface area contributed by atoms with Crippen molar-refractivity contribution >= 4 is 57.7 Å². The molecule has 2 N–H and O–H groups in total. The quantitative estimate of drug-likeness (QED) is 0.452. The van der Waals surface area contributed by atoms with Crippen molar-refractivity contribution in [3.05, 3.63) is 35.1 Å². The predicted molar refractivity (Wildman–Crippen MR) is 87.7 cm³/mol. The Bertz CT molecular complexity index is 707. The van der Waals surface area contributed by atoms with Crippen LogP contribution in [-0.4, -0.2) is 38.0 Å². The van der Waals surface area contributed by atoms with Gasteiger partial charge in [0.1, 0.15) is 5.01 Å². The van der Waals surface area contributed by atoms with Crippen LogP contribution >= 0.6 is 34.5 Å². The van der Waals surface area contributed by atoms with Crippen molar-refractivity contribution in [1.29, 1.82) is 0 Å². The molecule has 120 valence electrons. The van der Waals surface area contributed by atoms with Crippen molar-refractivity contribution in [3.8, 4) is 0 Å². The number of nitrogens with zero attached hydrogens (tertiary/aromatic N) is 4. The average molecular weight is 373 g/mol. The van der Waals surface area contributed by atoms with Crippen LogP contribution in [0, 0.1) is 0 Å². The summed E-state index contributed by atoms with van der Waals surface area (Å²) in [6.45, 7) is 0. The number of hydrazone groups is 1. The highest BCUT2D eigenvalue weighted by atomic mass is 35.5. The maximum atomic E-state index is 11.7. The minimum Gasteiger partial charge on any atom is -0.298 e. The van der Waals surface area contributed by atoms with E-state index in [1.807, 2.05) is 0 Å². The number of carbonyl (C=O) groups is 2. The molecule has 0 radical (unpaired) electrons. The first-order valence-electron chi connectivity index (χ1n) is 6.18. The fourth-order valence-electron chi connectivity index (χ4n) is 1.34. The molecule has 2 aromatic rings. The summed E-state index contributed by atoms with van der Waals surface area (Å²) in [4.78, 5) is 25.7. The lowest BCUT2D eigenvalue weighted by Crippen LogP contribution is -2.19. The molecule has 0 bridgehead atoms. The molecule has 11 heteroatoms. The number of carbonyl (C=O) groups excluding carboxylic acids is 2. The second-order valence-electron chi connectivity index (χ2n) is 4.04. The van der Waals surface area contributed by atoms with E-state index >= 15 is 0 Å². The summed E-state index contributed by atoms with van der Waals surface area (Å²) < 4.78 is 0. The molecule has 0 aliphatic rings. The zero-order chi connectivity index (χ0) is 16.7.